The molecule has 0 saturated carbocycles. The predicted octanol–water partition coefficient (Wildman–Crippen LogP) is 2.24. The molecule has 6 nitrogen and oxygen atoms in total. The number of hydrogen-bond acceptors (Lipinski definition) is 4. The minimum Gasteiger partial charge on any atom is -0.384 e. The van der Waals surface area contributed by atoms with Gasteiger partial charge in [0.1, 0.15) is 5.76 Å². The first kappa shape index (κ1) is 17.5. The number of H-pyrrole nitrogens is 1. The molecule has 1 aromatic heterocycles. The van der Waals surface area contributed by atoms with E-state index >= 15 is 0 Å². The van der Waals surface area contributed by atoms with Gasteiger partial charge in [0.05, 0.1) is 6.04 Å². The minimum atomic E-state index is -0.273. The maximum atomic E-state index is 12.2. The number of nitrogens with zero attached hydrogens (tertiary/aromatic N) is 1. The summed E-state index contributed by atoms with van der Waals surface area (Å²) in [4.78, 5) is 25.7. The molecule has 1 saturated heterocycles. The molecule has 25 heavy (non-hydrogen) atoms. The highest BCUT2D eigenvalue weighted by Gasteiger charge is 2.22. The molecule has 1 fully saturated rings. The summed E-state index contributed by atoms with van der Waals surface area (Å²) in [5.74, 6) is 0.484. The smallest absolute Gasteiger partial charge is 0.280 e. The molecule has 1 aliphatic heterocycles. The molecular weight excluding hydrogens is 318 g/mol. The summed E-state index contributed by atoms with van der Waals surface area (Å²) in [5, 5.41) is 5.28. The Bertz CT molecular complexity index is 717. The maximum absolute atomic E-state index is 12.2. The first-order valence-corrected chi connectivity index (χ1v) is 8.95. The van der Waals surface area contributed by atoms with Gasteiger partial charge in [0.15, 0.2) is 0 Å². The third-order valence-corrected chi connectivity index (χ3v) is 4.68. The molecule has 2 aromatic rings. The Labute approximate surface area is 147 Å². The summed E-state index contributed by atoms with van der Waals surface area (Å²) in [6.07, 6.45) is 4.44. The Kier molecular flexibility index (Phi) is 6.06. The summed E-state index contributed by atoms with van der Waals surface area (Å²) in [6.45, 7) is 2.74. The Morgan fingerprint density at radius 1 is 1.20 bits per heavy atom. The lowest BCUT2D eigenvalue weighted by molar-refractivity contribution is -0.121. The third-order valence-electron chi connectivity index (χ3n) is 4.68. The number of carbonyl (C=O) groups is 1. The number of rotatable bonds is 7. The van der Waals surface area contributed by atoms with Crippen LogP contribution in [0.5, 0.6) is 0 Å². The molecule has 6 heteroatoms. The molecule has 1 atom stereocenters. The lowest BCUT2D eigenvalue weighted by Crippen LogP contribution is -2.40. The van der Waals surface area contributed by atoms with Crippen molar-refractivity contribution in [1.82, 2.24) is 15.4 Å². The highest BCUT2D eigenvalue weighted by atomic mass is 16.5. The van der Waals surface area contributed by atoms with E-state index in [4.69, 9.17) is 4.52 Å². The molecule has 0 bridgehead atoms. The molecule has 0 spiro atoms. The van der Waals surface area contributed by atoms with Crippen LogP contribution in [0.3, 0.4) is 0 Å². The van der Waals surface area contributed by atoms with Gasteiger partial charge in [-0.1, -0.05) is 36.8 Å². The summed E-state index contributed by atoms with van der Waals surface area (Å²) < 4.78 is 4.98. The fraction of sp³-hybridized carbons (Fsp3) is 0.474. The van der Waals surface area contributed by atoms with Crippen molar-refractivity contribution in [2.75, 3.05) is 19.6 Å². The van der Waals surface area contributed by atoms with Crippen LogP contribution in [0.1, 0.15) is 43.0 Å². The van der Waals surface area contributed by atoms with Crippen LogP contribution in [-0.2, 0) is 11.2 Å². The van der Waals surface area contributed by atoms with Gasteiger partial charge in [-0.25, -0.2) is 0 Å². The van der Waals surface area contributed by atoms with Crippen molar-refractivity contribution < 1.29 is 9.32 Å². The first-order chi connectivity index (χ1) is 12.2. The molecule has 0 radical (unpaired) electrons. The van der Waals surface area contributed by atoms with E-state index in [1.54, 1.807) is 0 Å². The van der Waals surface area contributed by atoms with E-state index in [0.29, 0.717) is 25.1 Å². The van der Waals surface area contributed by atoms with Crippen molar-refractivity contribution in [2.24, 2.45) is 0 Å². The van der Waals surface area contributed by atoms with Gasteiger partial charge in [0.2, 0.25) is 5.91 Å². The van der Waals surface area contributed by atoms with Crippen LogP contribution in [0.4, 0.5) is 0 Å². The van der Waals surface area contributed by atoms with Gasteiger partial charge < -0.3 is 9.84 Å². The lowest BCUT2D eigenvalue weighted by Gasteiger charge is -2.35. The summed E-state index contributed by atoms with van der Waals surface area (Å²) in [7, 11) is 0. The zero-order valence-corrected chi connectivity index (χ0v) is 14.4. The SMILES string of the molecule is O=C(CCc1cc(=O)[nH]o1)NC[C@H](c1ccccc1)N1CCCCC1. The number of carbonyl (C=O) groups excluding carboxylic acids is 1. The Hall–Kier alpha value is -2.34. The largest absolute Gasteiger partial charge is 0.384 e. The normalized spacial score (nSPS) is 16.5. The standard InChI is InChI=1S/C19H25N3O3/c23-18(10-9-16-13-19(24)21-25-16)20-14-17(15-7-3-1-4-8-15)22-11-5-2-6-12-22/h1,3-4,7-8,13,17H,2,5-6,9-12,14H2,(H,20,23)(H,21,24)/t17-/m1/s1. The van der Waals surface area contributed by atoms with Crippen LogP contribution in [-0.4, -0.2) is 35.6 Å². The molecule has 2 heterocycles. The van der Waals surface area contributed by atoms with Gasteiger partial charge in [0, 0.05) is 25.5 Å². The van der Waals surface area contributed by atoms with Gasteiger partial charge in [-0.05, 0) is 31.5 Å². The van der Waals surface area contributed by atoms with E-state index in [1.165, 1.54) is 30.9 Å². The van der Waals surface area contributed by atoms with E-state index < -0.39 is 0 Å². The van der Waals surface area contributed by atoms with Crippen LogP contribution < -0.4 is 10.9 Å². The van der Waals surface area contributed by atoms with Gasteiger partial charge >= 0.3 is 0 Å². The summed E-state index contributed by atoms with van der Waals surface area (Å²) in [5.41, 5.74) is 0.964. The van der Waals surface area contributed by atoms with Crippen molar-refractivity contribution >= 4 is 5.91 Å². The monoisotopic (exact) mass is 343 g/mol. The number of piperidine rings is 1. The van der Waals surface area contributed by atoms with Crippen molar-refractivity contribution in [3.05, 3.63) is 58.1 Å². The maximum Gasteiger partial charge on any atom is 0.280 e. The van der Waals surface area contributed by atoms with Crippen LogP contribution in [0, 0.1) is 0 Å². The van der Waals surface area contributed by atoms with E-state index in [0.717, 1.165) is 13.1 Å². The molecule has 0 aliphatic carbocycles. The molecular formula is C19H25N3O3. The Balaban J connectivity index is 1.56. The summed E-state index contributed by atoms with van der Waals surface area (Å²) >= 11 is 0. The molecule has 1 amide bonds. The van der Waals surface area contributed by atoms with Crippen molar-refractivity contribution in [3.8, 4) is 0 Å². The number of likely N-dealkylation sites (tertiary alicyclic amines) is 1. The topological polar surface area (TPSA) is 78.3 Å². The third kappa shape index (κ3) is 5.06. The van der Waals surface area contributed by atoms with Crippen LogP contribution in [0.15, 0.2) is 45.7 Å². The predicted molar refractivity (Wildman–Crippen MR) is 95.3 cm³/mol. The highest BCUT2D eigenvalue weighted by molar-refractivity contribution is 5.76. The number of nitrogens with one attached hydrogen (secondary N) is 2. The zero-order valence-electron chi connectivity index (χ0n) is 14.4. The van der Waals surface area contributed by atoms with Gasteiger partial charge in [0.25, 0.3) is 5.56 Å². The molecule has 134 valence electrons. The number of aromatic amines is 1. The number of hydrogen-bond donors (Lipinski definition) is 2. The van der Waals surface area contributed by atoms with Crippen molar-refractivity contribution in [3.63, 3.8) is 0 Å². The van der Waals surface area contributed by atoms with Crippen LogP contribution in [0.2, 0.25) is 0 Å². The van der Waals surface area contributed by atoms with Crippen molar-refractivity contribution in [2.45, 2.75) is 38.1 Å². The second-order valence-electron chi connectivity index (χ2n) is 6.51. The number of aromatic nitrogens is 1. The summed E-state index contributed by atoms with van der Waals surface area (Å²) in [6, 6.07) is 11.9. The number of amides is 1. The highest BCUT2D eigenvalue weighted by Crippen LogP contribution is 2.24. The van der Waals surface area contributed by atoms with E-state index in [1.807, 2.05) is 18.2 Å². The zero-order chi connectivity index (χ0) is 17.5. The Morgan fingerprint density at radius 2 is 1.96 bits per heavy atom. The molecule has 1 aromatic carbocycles. The van der Waals surface area contributed by atoms with E-state index in [9.17, 15) is 9.59 Å². The Morgan fingerprint density at radius 3 is 2.64 bits per heavy atom. The van der Waals surface area contributed by atoms with E-state index in [-0.39, 0.29) is 17.5 Å². The lowest BCUT2D eigenvalue weighted by atomic mass is 10.0. The second kappa shape index (κ2) is 8.67. The number of aryl methyl sites for hydroxylation is 1. The average molecular weight is 343 g/mol. The fourth-order valence-corrected chi connectivity index (χ4v) is 3.34. The molecule has 2 N–H and O–H groups in total. The molecule has 0 unspecified atom stereocenters. The van der Waals surface area contributed by atoms with E-state index in [2.05, 4.69) is 27.5 Å². The minimum absolute atomic E-state index is 0.0261. The number of benzene rings is 1. The molecule has 3 rings (SSSR count). The van der Waals surface area contributed by atoms with Crippen LogP contribution >= 0.6 is 0 Å². The van der Waals surface area contributed by atoms with Gasteiger partial charge in [-0.2, -0.15) is 5.16 Å². The van der Waals surface area contributed by atoms with Gasteiger partial charge in [-0.15, -0.1) is 0 Å². The quantitative estimate of drug-likeness (QED) is 0.808. The van der Waals surface area contributed by atoms with Gasteiger partial charge in [-0.3, -0.25) is 14.5 Å². The van der Waals surface area contributed by atoms with Crippen molar-refractivity contribution in [1.29, 1.82) is 0 Å². The fourth-order valence-electron chi connectivity index (χ4n) is 3.34. The average Bonchev–Trinajstić information content (AvgIpc) is 3.07. The first-order valence-electron chi connectivity index (χ1n) is 8.95. The van der Waals surface area contributed by atoms with Crippen LogP contribution in [0.25, 0.3) is 0 Å². The second-order valence-corrected chi connectivity index (χ2v) is 6.51. The molecule has 1 aliphatic rings.